The van der Waals surface area contributed by atoms with E-state index in [9.17, 15) is 4.79 Å². The number of benzene rings is 1. The van der Waals surface area contributed by atoms with Crippen molar-refractivity contribution in [3.8, 4) is 5.69 Å². The molecule has 1 aliphatic heterocycles. The van der Waals surface area contributed by atoms with Crippen molar-refractivity contribution in [3.63, 3.8) is 0 Å². The van der Waals surface area contributed by atoms with Crippen LogP contribution in [0, 0.1) is 0 Å². The number of aromatic nitrogens is 3. The molecule has 0 radical (unpaired) electrons. The lowest BCUT2D eigenvalue weighted by atomic mass is 10.1. The third kappa shape index (κ3) is 2.83. The highest BCUT2D eigenvalue weighted by atomic mass is 16.2. The van der Waals surface area contributed by atoms with Gasteiger partial charge in [-0.05, 0) is 43.7 Å². The van der Waals surface area contributed by atoms with Crippen LogP contribution in [-0.4, -0.2) is 40.3 Å². The molecule has 1 aromatic carbocycles. The molecule has 132 valence electrons. The Hall–Kier alpha value is -3.15. The fourth-order valence-corrected chi connectivity index (χ4v) is 3.39. The summed E-state index contributed by atoms with van der Waals surface area (Å²) < 4.78 is 1.73. The summed E-state index contributed by atoms with van der Waals surface area (Å²) in [5.41, 5.74) is 3.23. The molecule has 0 spiro atoms. The molecular weight excluding hydrogens is 326 g/mol. The molecule has 0 saturated heterocycles. The van der Waals surface area contributed by atoms with Gasteiger partial charge < -0.3 is 9.80 Å². The van der Waals surface area contributed by atoms with Gasteiger partial charge in [0.15, 0.2) is 0 Å². The van der Waals surface area contributed by atoms with Crippen molar-refractivity contribution in [1.29, 1.82) is 0 Å². The predicted molar refractivity (Wildman–Crippen MR) is 102 cm³/mol. The van der Waals surface area contributed by atoms with E-state index in [0.717, 1.165) is 30.0 Å². The summed E-state index contributed by atoms with van der Waals surface area (Å²) in [5, 5.41) is 4.23. The molecule has 4 rings (SSSR count). The number of carbonyl (C=O) groups is 1. The highest BCUT2D eigenvalue weighted by Gasteiger charge is 2.29. The topological polar surface area (TPSA) is 54.3 Å². The van der Waals surface area contributed by atoms with Gasteiger partial charge in [0.25, 0.3) is 5.91 Å². The van der Waals surface area contributed by atoms with Crippen LogP contribution in [0.3, 0.4) is 0 Å². The molecule has 0 unspecified atom stereocenters. The molecule has 0 N–H and O–H groups in total. The number of amides is 1. The maximum atomic E-state index is 13.4. The maximum absolute atomic E-state index is 13.4. The van der Waals surface area contributed by atoms with Crippen molar-refractivity contribution < 1.29 is 4.79 Å². The SMILES string of the molecule is C[C@@H]1CCN(C)c2ccccc2N1C(=O)c1cc(-n2cccn2)ccn1. The quantitative estimate of drug-likeness (QED) is 0.715. The van der Waals surface area contributed by atoms with Gasteiger partial charge in [-0.25, -0.2) is 4.68 Å². The van der Waals surface area contributed by atoms with Gasteiger partial charge in [0.05, 0.1) is 17.1 Å². The van der Waals surface area contributed by atoms with Gasteiger partial charge in [0.2, 0.25) is 0 Å². The van der Waals surface area contributed by atoms with Crippen LogP contribution in [0.1, 0.15) is 23.8 Å². The molecule has 1 aliphatic rings. The Morgan fingerprint density at radius 1 is 1.12 bits per heavy atom. The number of nitrogens with zero attached hydrogens (tertiary/aromatic N) is 5. The van der Waals surface area contributed by atoms with Crippen molar-refractivity contribution in [3.05, 3.63) is 66.7 Å². The first kappa shape index (κ1) is 16.3. The third-order valence-corrected chi connectivity index (χ3v) is 4.83. The Labute approximate surface area is 152 Å². The molecule has 0 aliphatic carbocycles. The van der Waals surface area contributed by atoms with Gasteiger partial charge in [-0.1, -0.05) is 12.1 Å². The third-order valence-electron chi connectivity index (χ3n) is 4.83. The van der Waals surface area contributed by atoms with Crippen molar-refractivity contribution in [2.75, 3.05) is 23.4 Å². The number of pyridine rings is 1. The Morgan fingerprint density at radius 3 is 2.69 bits per heavy atom. The van der Waals surface area contributed by atoms with E-state index < -0.39 is 0 Å². The minimum atomic E-state index is -0.0887. The normalized spacial score (nSPS) is 16.9. The molecule has 0 saturated carbocycles. The average molecular weight is 347 g/mol. The molecule has 0 bridgehead atoms. The first-order valence-electron chi connectivity index (χ1n) is 8.75. The average Bonchev–Trinajstić information content (AvgIpc) is 3.18. The van der Waals surface area contributed by atoms with Crippen LogP contribution in [0.2, 0.25) is 0 Å². The summed E-state index contributed by atoms with van der Waals surface area (Å²) in [5.74, 6) is -0.0887. The van der Waals surface area contributed by atoms with Crippen LogP contribution in [0.4, 0.5) is 11.4 Å². The van der Waals surface area contributed by atoms with Crippen molar-refractivity contribution in [1.82, 2.24) is 14.8 Å². The Morgan fingerprint density at radius 2 is 1.92 bits per heavy atom. The van der Waals surface area contributed by atoms with E-state index in [1.807, 2.05) is 41.4 Å². The smallest absolute Gasteiger partial charge is 0.277 e. The van der Waals surface area contributed by atoms with Crippen LogP contribution >= 0.6 is 0 Å². The van der Waals surface area contributed by atoms with Gasteiger partial charge in [0.1, 0.15) is 5.69 Å². The van der Waals surface area contributed by atoms with E-state index in [4.69, 9.17) is 0 Å². The fourth-order valence-electron chi connectivity index (χ4n) is 3.39. The number of hydrogen-bond donors (Lipinski definition) is 0. The first-order valence-corrected chi connectivity index (χ1v) is 8.75. The minimum Gasteiger partial charge on any atom is -0.373 e. The number of fused-ring (bicyclic) bond motifs is 1. The standard InChI is InChI=1S/C20H21N5O/c1-15-9-13-23(2)18-6-3-4-7-19(18)25(15)20(26)17-14-16(8-11-21-17)24-12-5-10-22-24/h3-8,10-12,14-15H,9,13H2,1-2H3/t15-/m1/s1. The summed E-state index contributed by atoms with van der Waals surface area (Å²) in [7, 11) is 2.07. The minimum absolute atomic E-state index is 0.0868. The highest BCUT2D eigenvalue weighted by molar-refractivity contribution is 6.07. The molecular formula is C20H21N5O. The largest absolute Gasteiger partial charge is 0.373 e. The number of anilines is 2. The second-order valence-electron chi connectivity index (χ2n) is 6.57. The second kappa shape index (κ2) is 6.63. The van der Waals surface area contributed by atoms with Gasteiger partial charge in [-0.15, -0.1) is 0 Å². The predicted octanol–water partition coefficient (Wildman–Crippen LogP) is 3.14. The zero-order valence-corrected chi connectivity index (χ0v) is 14.9. The molecule has 0 fully saturated rings. The summed E-state index contributed by atoms with van der Waals surface area (Å²) in [6, 6.07) is 13.6. The summed E-state index contributed by atoms with van der Waals surface area (Å²) in [4.78, 5) is 21.8. The Kier molecular flexibility index (Phi) is 4.16. The Bertz CT molecular complexity index is 921. The highest BCUT2D eigenvalue weighted by Crippen LogP contribution is 2.34. The van der Waals surface area contributed by atoms with Crippen LogP contribution in [-0.2, 0) is 0 Å². The number of rotatable bonds is 2. The van der Waals surface area contributed by atoms with Crippen LogP contribution in [0.5, 0.6) is 0 Å². The molecule has 6 nitrogen and oxygen atoms in total. The summed E-state index contributed by atoms with van der Waals surface area (Å²) in [6.07, 6.45) is 6.12. The van der Waals surface area contributed by atoms with Crippen LogP contribution in [0.25, 0.3) is 5.69 Å². The lowest BCUT2D eigenvalue weighted by Crippen LogP contribution is -2.39. The lowest BCUT2D eigenvalue weighted by Gasteiger charge is -2.28. The van der Waals surface area contributed by atoms with E-state index in [0.29, 0.717) is 5.69 Å². The summed E-state index contributed by atoms with van der Waals surface area (Å²) in [6.45, 7) is 2.99. The summed E-state index contributed by atoms with van der Waals surface area (Å²) >= 11 is 0. The Balaban J connectivity index is 1.76. The van der Waals surface area contributed by atoms with E-state index >= 15 is 0 Å². The molecule has 6 heteroatoms. The molecule has 3 aromatic rings. The van der Waals surface area contributed by atoms with E-state index in [1.54, 1.807) is 23.1 Å². The van der Waals surface area contributed by atoms with E-state index in [2.05, 4.69) is 35.0 Å². The molecule has 2 aromatic heterocycles. The van der Waals surface area contributed by atoms with E-state index in [1.165, 1.54) is 0 Å². The van der Waals surface area contributed by atoms with Gasteiger partial charge in [0, 0.05) is 38.2 Å². The number of para-hydroxylation sites is 2. The van der Waals surface area contributed by atoms with Gasteiger partial charge in [-0.3, -0.25) is 9.78 Å². The van der Waals surface area contributed by atoms with Crippen LogP contribution in [0.15, 0.2) is 61.1 Å². The molecule has 26 heavy (non-hydrogen) atoms. The zero-order valence-electron chi connectivity index (χ0n) is 14.9. The van der Waals surface area contributed by atoms with Gasteiger partial charge >= 0.3 is 0 Å². The van der Waals surface area contributed by atoms with Crippen molar-refractivity contribution >= 4 is 17.3 Å². The second-order valence-corrected chi connectivity index (χ2v) is 6.57. The van der Waals surface area contributed by atoms with Crippen molar-refractivity contribution in [2.45, 2.75) is 19.4 Å². The fraction of sp³-hybridized carbons (Fsp3) is 0.250. The maximum Gasteiger partial charge on any atom is 0.277 e. The van der Waals surface area contributed by atoms with Crippen molar-refractivity contribution in [2.24, 2.45) is 0 Å². The zero-order chi connectivity index (χ0) is 18.1. The molecule has 1 amide bonds. The number of carbonyl (C=O) groups excluding carboxylic acids is 1. The van der Waals surface area contributed by atoms with Crippen LogP contribution < -0.4 is 9.80 Å². The number of hydrogen-bond acceptors (Lipinski definition) is 4. The van der Waals surface area contributed by atoms with Gasteiger partial charge in [-0.2, -0.15) is 5.10 Å². The monoisotopic (exact) mass is 347 g/mol. The lowest BCUT2D eigenvalue weighted by molar-refractivity contribution is 0.0973. The first-order chi connectivity index (χ1) is 12.6. The molecule has 3 heterocycles. The molecule has 1 atom stereocenters. The van der Waals surface area contributed by atoms with E-state index in [-0.39, 0.29) is 11.9 Å².